The number of nitrogens with zero attached hydrogens (tertiary/aromatic N) is 2. The zero-order valence-corrected chi connectivity index (χ0v) is 23.2. The van der Waals surface area contributed by atoms with Crippen molar-refractivity contribution < 1.29 is 22.4 Å². The Balaban J connectivity index is 2.06. The third-order valence-electron chi connectivity index (χ3n) is 5.77. The second-order valence-electron chi connectivity index (χ2n) is 8.60. The van der Waals surface area contributed by atoms with Gasteiger partial charge in [-0.25, -0.2) is 12.8 Å². The molecule has 3 aromatic carbocycles. The number of carbonyl (C=O) groups is 2. The second-order valence-corrected chi connectivity index (χ2v) is 11.4. The fourth-order valence-electron chi connectivity index (χ4n) is 3.90. The number of hydrogen-bond acceptors (Lipinski definition) is 4. The largest absolute Gasteiger partial charge is 0.355 e. The van der Waals surface area contributed by atoms with Crippen molar-refractivity contribution in [2.24, 2.45) is 0 Å². The van der Waals surface area contributed by atoms with E-state index < -0.39 is 40.2 Å². The van der Waals surface area contributed by atoms with E-state index >= 15 is 0 Å². The van der Waals surface area contributed by atoms with Crippen molar-refractivity contribution in [3.05, 3.63) is 99.8 Å². The van der Waals surface area contributed by atoms with Crippen LogP contribution in [0.15, 0.2) is 72.8 Å². The first-order chi connectivity index (χ1) is 18.0. The van der Waals surface area contributed by atoms with E-state index in [9.17, 15) is 22.4 Å². The average molecular weight is 581 g/mol. The summed E-state index contributed by atoms with van der Waals surface area (Å²) in [5.74, 6) is -1.59. The number of rotatable bonds is 11. The van der Waals surface area contributed by atoms with Crippen LogP contribution in [0, 0.1) is 5.82 Å². The van der Waals surface area contributed by atoms with E-state index in [1.54, 1.807) is 19.1 Å². The number of anilines is 1. The zero-order chi connectivity index (χ0) is 27.9. The van der Waals surface area contributed by atoms with Gasteiger partial charge in [-0.15, -0.1) is 0 Å². The minimum absolute atomic E-state index is 0.0789. The molecule has 1 atom stereocenters. The van der Waals surface area contributed by atoms with Crippen molar-refractivity contribution in [2.45, 2.75) is 25.9 Å². The lowest BCUT2D eigenvalue weighted by atomic mass is 10.0. The number of carbonyl (C=O) groups excluding carboxylic acids is 2. The SMILES string of the molecule is CCNC(=O)[C@@H](Cc1ccccc1)N(Cc1ccc(Cl)cc1Cl)C(=O)CN(c1ccc(F)cc1)S(C)(=O)=O. The molecule has 11 heteroatoms. The molecular formula is C27H28Cl2FN3O4S. The first-order valence-corrected chi connectivity index (χ1v) is 14.4. The van der Waals surface area contributed by atoms with Crippen LogP contribution in [0.5, 0.6) is 0 Å². The Labute approximate surface area is 232 Å². The molecular weight excluding hydrogens is 552 g/mol. The molecule has 0 bridgehead atoms. The molecule has 38 heavy (non-hydrogen) atoms. The Kier molecular flexibility index (Phi) is 10.1. The van der Waals surface area contributed by atoms with Crippen molar-refractivity contribution in [1.29, 1.82) is 0 Å². The topological polar surface area (TPSA) is 86.8 Å². The van der Waals surface area contributed by atoms with Gasteiger partial charge >= 0.3 is 0 Å². The van der Waals surface area contributed by atoms with Gasteiger partial charge in [-0.1, -0.05) is 59.6 Å². The van der Waals surface area contributed by atoms with E-state index in [2.05, 4.69) is 5.32 Å². The van der Waals surface area contributed by atoms with Crippen molar-refractivity contribution in [3.8, 4) is 0 Å². The molecule has 0 saturated heterocycles. The molecule has 0 heterocycles. The summed E-state index contributed by atoms with van der Waals surface area (Å²) in [6.45, 7) is 1.41. The molecule has 0 aliphatic heterocycles. The van der Waals surface area contributed by atoms with Crippen LogP contribution in [0.2, 0.25) is 10.0 Å². The molecule has 0 unspecified atom stereocenters. The van der Waals surface area contributed by atoms with Crippen molar-refractivity contribution in [2.75, 3.05) is 23.7 Å². The third-order valence-corrected chi connectivity index (χ3v) is 7.50. The first kappa shape index (κ1) is 29.4. The summed E-state index contributed by atoms with van der Waals surface area (Å²) in [6, 6.07) is 17.7. The maximum Gasteiger partial charge on any atom is 0.244 e. The van der Waals surface area contributed by atoms with Gasteiger partial charge in [0, 0.05) is 29.6 Å². The van der Waals surface area contributed by atoms with Gasteiger partial charge < -0.3 is 10.2 Å². The van der Waals surface area contributed by atoms with Crippen LogP contribution >= 0.6 is 23.2 Å². The lowest BCUT2D eigenvalue weighted by Gasteiger charge is -2.33. The highest BCUT2D eigenvalue weighted by atomic mass is 35.5. The molecule has 2 amide bonds. The van der Waals surface area contributed by atoms with Gasteiger partial charge in [0.25, 0.3) is 0 Å². The van der Waals surface area contributed by atoms with Gasteiger partial charge in [0.15, 0.2) is 0 Å². The molecule has 0 aromatic heterocycles. The number of amides is 2. The lowest BCUT2D eigenvalue weighted by Crippen LogP contribution is -2.53. The summed E-state index contributed by atoms with van der Waals surface area (Å²) in [4.78, 5) is 28.5. The third kappa shape index (κ3) is 7.93. The Morgan fingerprint density at radius 1 is 1.00 bits per heavy atom. The molecule has 0 aliphatic rings. The standard InChI is InChI=1S/C27H28Cl2FN3O4S/c1-3-31-27(35)25(15-19-7-5-4-6-8-19)32(17-20-9-10-21(28)16-24(20)29)26(34)18-33(38(2,36)37)23-13-11-22(30)12-14-23/h4-14,16,25H,3,15,17-18H2,1-2H3,(H,31,35)/t25-/m1/s1. The van der Waals surface area contributed by atoms with Crippen molar-refractivity contribution in [3.63, 3.8) is 0 Å². The number of nitrogens with one attached hydrogen (secondary N) is 1. The fraction of sp³-hybridized carbons (Fsp3) is 0.259. The molecule has 0 saturated carbocycles. The number of likely N-dealkylation sites (N-methyl/N-ethyl adjacent to an activating group) is 1. The molecule has 0 aliphatic carbocycles. The Morgan fingerprint density at radius 3 is 2.24 bits per heavy atom. The van der Waals surface area contributed by atoms with E-state index in [0.29, 0.717) is 22.2 Å². The van der Waals surface area contributed by atoms with Crippen LogP contribution in [0.4, 0.5) is 10.1 Å². The zero-order valence-electron chi connectivity index (χ0n) is 20.9. The Bertz CT molecular complexity index is 1370. The Morgan fingerprint density at radius 2 is 1.66 bits per heavy atom. The van der Waals surface area contributed by atoms with E-state index in [1.807, 2.05) is 30.3 Å². The quantitative estimate of drug-likeness (QED) is 0.357. The summed E-state index contributed by atoms with van der Waals surface area (Å²) in [6.07, 6.45) is 1.13. The minimum atomic E-state index is -3.94. The van der Waals surface area contributed by atoms with Gasteiger partial charge in [-0.3, -0.25) is 13.9 Å². The highest BCUT2D eigenvalue weighted by molar-refractivity contribution is 7.92. The fourth-order valence-corrected chi connectivity index (χ4v) is 5.22. The molecule has 1 N–H and O–H groups in total. The van der Waals surface area contributed by atoms with Gasteiger partial charge in [-0.05, 0) is 54.4 Å². The second kappa shape index (κ2) is 13.1. The van der Waals surface area contributed by atoms with E-state index in [0.717, 1.165) is 28.3 Å². The van der Waals surface area contributed by atoms with E-state index in [1.165, 1.54) is 23.1 Å². The van der Waals surface area contributed by atoms with Crippen molar-refractivity contribution in [1.82, 2.24) is 10.2 Å². The molecule has 0 spiro atoms. The maximum absolute atomic E-state index is 13.9. The number of halogens is 3. The van der Waals surface area contributed by atoms with Crippen LogP contribution in [0.1, 0.15) is 18.1 Å². The molecule has 0 fully saturated rings. The highest BCUT2D eigenvalue weighted by Gasteiger charge is 2.33. The maximum atomic E-state index is 13.9. The highest BCUT2D eigenvalue weighted by Crippen LogP contribution is 2.25. The van der Waals surface area contributed by atoms with Crippen LogP contribution in [-0.4, -0.2) is 50.5 Å². The van der Waals surface area contributed by atoms with Crippen molar-refractivity contribution >= 4 is 50.7 Å². The molecule has 3 rings (SSSR count). The van der Waals surface area contributed by atoms with Gasteiger partial charge in [0.05, 0.1) is 11.9 Å². The monoisotopic (exact) mass is 579 g/mol. The molecule has 3 aromatic rings. The summed E-state index contributed by atoms with van der Waals surface area (Å²) < 4.78 is 39.7. The lowest BCUT2D eigenvalue weighted by molar-refractivity contribution is -0.140. The number of sulfonamides is 1. The first-order valence-electron chi connectivity index (χ1n) is 11.8. The predicted octanol–water partition coefficient (Wildman–Crippen LogP) is 4.67. The number of hydrogen-bond donors (Lipinski definition) is 1. The van der Waals surface area contributed by atoms with E-state index in [4.69, 9.17) is 23.2 Å². The average Bonchev–Trinajstić information content (AvgIpc) is 2.86. The summed E-state index contributed by atoms with van der Waals surface area (Å²) in [5, 5.41) is 3.47. The predicted molar refractivity (Wildman–Crippen MR) is 148 cm³/mol. The normalized spacial score (nSPS) is 12.0. The number of benzene rings is 3. The van der Waals surface area contributed by atoms with Crippen LogP contribution in [0.25, 0.3) is 0 Å². The minimum Gasteiger partial charge on any atom is -0.355 e. The van der Waals surface area contributed by atoms with Crippen LogP contribution in [0.3, 0.4) is 0 Å². The summed E-state index contributed by atoms with van der Waals surface area (Å²) in [7, 11) is -3.94. The van der Waals surface area contributed by atoms with Crippen LogP contribution < -0.4 is 9.62 Å². The van der Waals surface area contributed by atoms with Gasteiger partial charge in [0.2, 0.25) is 21.8 Å². The summed E-state index contributed by atoms with van der Waals surface area (Å²) >= 11 is 12.5. The smallest absolute Gasteiger partial charge is 0.244 e. The Hall–Kier alpha value is -3.14. The van der Waals surface area contributed by atoms with E-state index in [-0.39, 0.29) is 18.7 Å². The molecule has 0 radical (unpaired) electrons. The molecule has 202 valence electrons. The summed E-state index contributed by atoms with van der Waals surface area (Å²) in [5.41, 5.74) is 1.45. The van der Waals surface area contributed by atoms with Crippen LogP contribution in [-0.2, 0) is 32.6 Å². The molecule has 7 nitrogen and oxygen atoms in total. The van der Waals surface area contributed by atoms with Gasteiger partial charge in [0.1, 0.15) is 18.4 Å². The van der Waals surface area contributed by atoms with Gasteiger partial charge in [-0.2, -0.15) is 0 Å².